The summed E-state index contributed by atoms with van der Waals surface area (Å²) in [6, 6.07) is 3.78. The number of hydrogen-bond donors (Lipinski definition) is 1. The van der Waals surface area contributed by atoms with Gasteiger partial charge in [0.05, 0.1) is 17.3 Å². The topological polar surface area (TPSA) is 47.3 Å². The standard InChI is InChI=1S/C15H17ClN2O2/c16-10-7-12(15(19)4-5-15)11-9-17-18(13(11)8-10)14-3-1-2-6-20-14/h7-9,14,19H,1-6H2. The summed E-state index contributed by atoms with van der Waals surface area (Å²) >= 11 is 6.23. The molecule has 4 rings (SSSR count). The molecule has 5 heteroatoms. The quantitative estimate of drug-likeness (QED) is 0.923. The largest absolute Gasteiger partial charge is 0.385 e. The Labute approximate surface area is 122 Å². The van der Waals surface area contributed by atoms with E-state index in [1.165, 1.54) is 0 Å². The van der Waals surface area contributed by atoms with Crippen LogP contribution in [-0.2, 0) is 10.3 Å². The predicted molar refractivity (Wildman–Crippen MR) is 76.7 cm³/mol. The van der Waals surface area contributed by atoms with Crippen LogP contribution in [0.2, 0.25) is 5.02 Å². The summed E-state index contributed by atoms with van der Waals surface area (Å²) in [5.74, 6) is 0. The first kappa shape index (κ1) is 12.6. The summed E-state index contributed by atoms with van der Waals surface area (Å²) in [6.07, 6.45) is 6.66. The molecule has 2 aliphatic rings. The summed E-state index contributed by atoms with van der Waals surface area (Å²) in [5.41, 5.74) is 1.16. The van der Waals surface area contributed by atoms with Gasteiger partial charge in [0.15, 0.2) is 6.23 Å². The second-order valence-corrected chi connectivity index (χ2v) is 6.26. The van der Waals surface area contributed by atoms with Crippen LogP contribution in [0.25, 0.3) is 10.9 Å². The molecule has 1 unspecified atom stereocenters. The number of nitrogens with zero attached hydrogens (tertiary/aromatic N) is 2. The molecule has 1 saturated carbocycles. The number of ether oxygens (including phenoxy) is 1. The van der Waals surface area contributed by atoms with Crippen molar-refractivity contribution in [2.75, 3.05) is 6.61 Å². The molecule has 2 fully saturated rings. The Morgan fingerprint density at radius 1 is 1.35 bits per heavy atom. The Hall–Kier alpha value is -1.10. The van der Waals surface area contributed by atoms with Crippen LogP contribution in [0.15, 0.2) is 18.3 Å². The first-order valence-electron chi connectivity index (χ1n) is 7.19. The van der Waals surface area contributed by atoms with Gasteiger partial charge in [0.25, 0.3) is 0 Å². The lowest BCUT2D eigenvalue weighted by atomic mass is 10.0. The fourth-order valence-electron chi connectivity index (χ4n) is 3.03. The van der Waals surface area contributed by atoms with Gasteiger partial charge >= 0.3 is 0 Å². The fraction of sp³-hybridized carbons (Fsp3) is 0.533. The van der Waals surface area contributed by atoms with Crippen LogP contribution < -0.4 is 0 Å². The molecule has 1 aliphatic heterocycles. The van der Waals surface area contributed by atoms with E-state index in [2.05, 4.69) is 5.10 Å². The van der Waals surface area contributed by atoms with Crippen molar-refractivity contribution in [1.82, 2.24) is 9.78 Å². The van der Waals surface area contributed by atoms with E-state index in [0.29, 0.717) is 5.02 Å². The van der Waals surface area contributed by atoms with Crippen LogP contribution in [0.3, 0.4) is 0 Å². The summed E-state index contributed by atoms with van der Waals surface area (Å²) in [4.78, 5) is 0. The average molecular weight is 293 g/mol. The van der Waals surface area contributed by atoms with Crippen molar-refractivity contribution in [3.63, 3.8) is 0 Å². The normalized spacial score (nSPS) is 25.0. The molecule has 1 aromatic carbocycles. The maximum Gasteiger partial charge on any atom is 0.150 e. The van der Waals surface area contributed by atoms with Crippen LogP contribution in [-0.4, -0.2) is 21.5 Å². The van der Waals surface area contributed by atoms with Crippen molar-refractivity contribution in [3.8, 4) is 0 Å². The van der Waals surface area contributed by atoms with Gasteiger partial charge in [0.2, 0.25) is 0 Å². The third-order valence-corrected chi connectivity index (χ3v) is 4.55. The van der Waals surface area contributed by atoms with Crippen molar-refractivity contribution in [2.24, 2.45) is 0 Å². The van der Waals surface area contributed by atoms with E-state index in [9.17, 15) is 5.11 Å². The van der Waals surface area contributed by atoms with Crippen molar-refractivity contribution in [3.05, 3.63) is 28.9 Å². The number of fused-ring (bicyclic) bond motifs is 1. The highest BCUT2D eigenvalue weighted by Gasteiger charge is 2.43. The molecule has 0 bridgehead atoms. The Balaban J connectivity index is 1.85. The van der Waals surface area contributed by atoms with Crippen molar-refractivity contribution in [1.29, 1.82) is 0 Å². The van der Waals surface area contributed by atoms with Crippen molar-refractivity contribution in [2.45, 2.75) is 43.9 Å². The van der Waals surface area contributed by atoms with Gasteiger partial charge in [0, 0.05) is 17.0 Å². The van der Waals surface area contributed by atoms with Gasteiger partial charge in [-0.3, -0.25) is 0 Å². The second kappa shape index (κ2) is 4.45. The zero-order chi connectivity index (χ0) is 13.7. The van der Waals surface area contributed by atoms with Crippen molar-refractivity contribution < 1.29 is 9.84 Å². The lowest BCUT2D eigenvalue weighted by Crippen LogP contribution is -2.19. The molecule has 1 aromatic heterocycles. The summed E-state index contributed by atoms with van der Waals surface area (Å²) < 4.78 is 7.72. The van der Waals surface area contributed by atoms with Gasteiger partial charge in [-0.05, 0) is 49.8 Å². The van der Waals surface area contributed by atoms with Gasteiger partial charge in [-0.1, -0.05) is 11.6 Å². The molecule has 1 atom stereocenters. The zero-order valence-corrected chi connectivity index (χ0v) is 11.9. The van der Waals surface area contributed by atoms with Gasteiger partial charge < -0.3 is 9.84 Å². The molecule has 1 N–H and O–H groups in total. The van der Waals surface area contributed by atoms with Gasteiger partial charge in [-0.15, -0.1) is 0 Å². The van der Waals surface area contributed by atoms with E-state index in [-0.39, 0.29) is 6.23 Å². The van der Waals surface area contributed by atoms with Gasteiger partial charge in [-0.25, -0.2) is 4.68 Å². The molecule has 2 heterocycles. The minimum absolute atomic E-state index is 0.0126. The lowest BCUT2D eigenvalue weighted by molar-refractivity contribution is -0.0366. The lowest BCUT2D eigenvalue weighted by Gasteiger charge is -2.23. The Morgan fingerprint density at radius 2 is 2.20 bits per heavy atom. The average Bonchev–Trinajstić information content (AvgIpc) is 3.07. The third kappa shape index (κ3) is 1.94. The highest BCUT2D eigenvalue weighted by atomic mass is 35.5. The monoisotopic (exact) mass is 292 g/mol. The van der Waals surface area contributed by atoms with E-state index in [1.807, 2.05) is 23.0 Å². The number of aliphatic hydroxyl groups is 1. The number of aromatic nitrogens is 2. The fourth-order valence-corrected chi connectivity index (χ4v) is 3.24. The first-order chi connectivity index (χ1) is 9.67. The van der Waals surface area contributed by atoms with Gasteiger partial charge in [-0.2, -0.15) is 5.10 Å². The van der Waals surface area contributed by atoms with E-state index in [0.717, 1.165) is 55.2 Å². The van der Waals surface area contributed by atoms with Crippen LogP contribution in [0, 0.1) is 0 Å². The SMILES string of the molecule is OC1(c2cc(Cl)cc3c2cnn3C2CCCCO2)CC1. The molecule has 1 aliphatic carbocycles. The number of hydrogen-bond acceptors (Lipinski definition) is 3. The van der Waals surface area contributed by atoms with E-state index in [4.69, 9.17) is 16.3 Å². The molecule has 20 heavy (non-hydrogen) atoms. The highest BCUT2D eigenvalue weighted by Crippen LogP contribution is 2.48. The van der Waals surface area contributed by atoms with Crippen LogP contribution >= 0.6 is 11.6 Å². The molecule has 0 radical (unpaired) electrons. The molecule has 0 spiro atoms. The number of halogens is 1. The first-order valence-corrected chi connectivity index (χ1v) is 7.56. The summed E-state index contributed by atoms with van der Waals surface area (Å²) in [7, 11) is 0. The van der Waals surface area contributed by atoms with E-state index < -0.39 is 5.60 Å². The Bertz CT molecular complexity index is 657. The van der Waals surface area contributed by atoms with E-state index >= 15 is 0 Å². The molecule has 0 amide bonds. The minimum Gasteiger partial charge on any atom is -0.385 e. The summed E-state index contributed by atoms with van der Waals surface area (Å²) in [5, 5.41) is 16.5. The summed E-state index contributed by atoms with van der Waals surface area (Å²) in [6.45, 7) is 0.781. The van der Waals surface area contributed by atoms with Crippen LogP contribution in [0.1, 0.15) is 43.9 Å². The smallest absolute Gasteiger partial charge is 0.150 e. The maximum absolute atomic E-state index is 10.4. The minimum atomic E-state index is -0.704. The molecular formula is C15H17ClN2O2. The van der Waals surface area contributed by atoms with Gasteiger partial charge in [0.1, 0.15) is 0 Å². The zero-order valence-electron chi connectivity index (χ0n) is 11.2. The number of benzene rings is 1. The molecule has 2 aromatic rings. The van der Waals surface area contributed by atoms with Crippen LogP contribution in [0.4, 0.5) is 0 Å². The Kier molecular flexibility index (Phi) is 2.81. The molecular weight excluding hydrogens is 276 g/mol. The molecule has 106 valence electrons. The third-order valence-electron chi connectivity index (χ3n) is 4.33. The number of rotatable bonds is 2. The predicted octanol–water partition coefficient (Wildman–Crippen LogP) is 3.37. The van der Waals surface area contributed by atoms with Crippen molar-refractivity contribution >= 4 is 22.5 Å². The molecule has 4 nitrogen and oxygen atoms in total. The molecule has 1 saturated heterocycles. The Morgan fingerprint density at radius 3 is 2.90 bits per heavy atom. The van der Waals surface area contributed by atoms with Crippen LogP contribution in [0.5, 0.6) is 0 Å². The second-order valence-electron chi connectivity index (χ2n) is 5.83. The maximum atomic E-state index is 10.4. The highest BCUT2D eigenvalue weighted by molar-refractivity contribution is 6.31. The van der Waals surface area contributed by atoms with E-state index in [1.54, 1.807) is 0 Å².